The predicted molar refractivity (Wildman–Crippen MR) is 89.0 cm³/mol. The summed E-state index contributed by atoms with van der Waals surface area (Å²) in [7, 11) is 0. The molecule has 0 aliphatic carbocycles. The number of nitro groups is 1. The Labute approximate surface area is 144 Å². The van der Waals surface area contributed by atoms with Crippen molar-refractivity contribution in [3.8, 4) is 11.8 Å². The highest BCUT2D eigenvalue weighted by Crippen LogP contribution is 2.27. The lowest BCUT2D eigenvalue weighted by Gasteiger charge is -2.07. The number of nitrogens with one attached hydrogen (secondary N) is 1. The molecule has 9 heteroatoms. The first kappa shape index (κ1) is 17.9. The minimum Gasteiger partial charge on any atom is -0.486 e. The number of nitriles is 1. The first-order valence-electron chi connectivity index (χ1n) is 7.57. The molecular weight excluding hydrogens is 326 g/mol. The third-order valence-corrected chi connectivity index (χ3v) is 3.26. The van der Waals surface area contributed by atoms with Gasteiger partial charge >= 0.3 is 5.69 Å². The molecule has 1 aromatic heterocycles. The monoisotopic (exact) mass is 343 g/mol. The van der Waals surface area contributed by atoms with E-state index in [9.17, 15) is 14.9 Å². The third kappa shape index (κ3) is 5.31. The summed E-state index contributed by atoms with van der Waals surface area (Å²) in [5.74, 6) is 0.198. The fourth-order valence-electron chi connectivity index (χ4n) is 2.06. The molecule has 1 N–H and O–H groups in total. The van der Waals surface area contributed by atoms with Crippen LogP contribution < -0.4 is 10.1 Å². The number of hydrogen-bond acceptors (Lipinski definition) is 6. The molecule has 0 aliphatic heterocycles. The van der Waals surface area contributed by atoms with E-state index in [0.29, 0.717) is 18.8 Å². The Bertz CT molecular complexity index is 809. The summed E-state index contributed by atoms with van der Waals surface area (Å²) in [6.07, 6.45) is 2.02. The first-order chi connectivity index (χ1) is 12.0. The third-order valence-electron chi connectivity index (χ3n) is 3.26. The molecule has 0 saturated carbocycles. The van der Waals surface area contributed by atoms with Crippen molar-refractivity contribution in [2.75, 3.05) is 11.9 Å². The maximum absolute atomic E-state index is 11.9. The number of aromatic nitrogens is 2. The Morgan fingerprint density at radius 1 is 1.48 bits per heavy atom. The number of ether oxygens (including phenoxy) is 1. The van der Waals surface area contributed by atoms with E-state index in [1.807, 2.05) is 6.07 Å². The van der Waals surface area contributed by atoms with Gasteiger partial charge in [0.1, 0.15) is 0 Å². The van der Waals surface area contributed by atoms with E-state index in [4.69, 9.17) is 10.00 Å². The minimum atomic E-state index is -0.525. The van der Waals surface area contributed by atoms with E-state index in [2.05, 4.69) is 10.4 Å². The maximum Gasteiger partial charge on any atom is 0.310 e. The lowest BCUT2D eigenvalue weighted by atomic mass is 10.2. The number of aryl methyl sites for hydroxylation is 2. The Balaban J connectivity index is 1.85. The van der Waals surface area contributed by atoms with E-state index >= 15 is 0 Å². The van der Waals surface area contributed by atoms with Crippen molar-refractivity contribution in [3.05, 3.63) is 46.1 Å². The number of rotatable bonds is 8. The molecule has 0 spiro atoms. The van der Waals surface area contributed by atoms with Crippen molar-refractivity contribution >= 4 is 17.4 Å². The van der Waals surface area contributed by atoms with Crippen molar-refractivity contribution in [1.82, 2.24) is 9.78 Å². The Hall–Kier alpha value is -3.41. The van der Waals surface area contributed by atoms with Gasteiger partial charge in [-0.1, -0.05) is 6.07 Å². The second-order valence-corrected chi connectivity index (χ2v) is 5.25. The Morgan fingerprint density at radius 2 is 2.28 bits per heavy atom. The van der Waals surface area contributed by atoms with E-state index < -0.39 is 4.92 Å². The maximum atomic E-state index is 11.9. The smallest absolute Gasteiger partial charge is 0.310 e. The fourth-order valence-corrected chi connectivity index (χ4v) is 2.06. The molecule has 0 saturated heterocycles. The quantitative estimate of drug-likeness (QED) is 0.580. The average Bonchev–Trinajstić information content (AvgIpc) is 3.00. The second kappa shape index (κ2) is 8.44. The average molecular weight is 343 g/mol. The molecule has 0 unspecified atom stereocenters. The molecule has 9 nitrogen and oxygen atoms in total. The van der Waals surface area contributed by atoms with Crippen molar-refractivity contribution in [2.24, 2.45) is 0 Å². The van der Waals surface area contributed by atoms with Gasteiger partial charge in [0.2, 0.25) is 5.91 Å². The number of nitro benzene ring substituents is 1. The number of anilines is 1. The highest BCUT2D eigenvalue weighted by Gasteiger charge is 2.15. The van der Waals surface area contributed by atoms with Crippen LogP contribution in [0.4, 0.5) is 11.5 Å². The van der Waals surface area contributed by atoms with E-state index in [1.54, 1.807) is 36.0 Å². The summed E-state index contributed by atoms with van der Waals surface area (Å²) >= 11 is 0. The van der Waals surface area contributed by atoms with Crippen molar-refractivity contribution in [2.45, 2.75) is 26.3 Å². The molecule has 130 valence electrons. The molecule has 1 heterocycles. The summed E-state index contributed by atoms with van der Waals surface area (Å²) in [6.45, 7) is 2.25. The zero-order valence-corrected chi connectivity index (χ0v) is 13.6. The molecule has 1 aromatic carbocycles. The molecular formula is C16H17N5O4. The van der Waals surface area contributed by atoms with Gasteiger partial charge in [-0.2, -0.15) is 10.4 Å². The zero-order valence-electron chi connectivity index (χ0n) is 13.6. The van der Waals surface area contributed by atoms with Gasteiger partial charge in [0, 0.05) is 18.3 Å². The number of nitrogens with zero attached hydrogens (tertiary/aromatic N) is 4. The predicted octanol–water partition coefficient (Wildman–Crippen LogP) is 2.42. The van der Waals surface area contributed by atoms with Crippen molar-refractivity contribution < 1.29 is 14.5 Å². The van der Waals surface area contributed by atoms with Gasteiger partial charge in [-0.25, -0.2) is 0 Å². The standard InChI is InChI=1S/C16H17N5O4/c1-12-3-4-13(21(23)24)14(11-12)25-10-6-16(22)18-15-5-9-20(19-15)8-2-7-17/h3-5,9,11H,2,6,8,10H2,1H3,(H,18,19,22). The summed E-state index contributed by atoms with van der Waals surface area (Å²) in [5, 5.41) is 26.2. The summed E-state index contributed by atoms with van der Waals surface area (Å²) in [5.41, 5.74) is 0.690. The highest BCUT2D eigenvalue weighted by molar-refractivity contribution is 5.89. The Morgan fingerprint density at radius 3 is 3.00 bits per heavy atom. The summed E-state index contributed by atoms with van der Waals surface area (Å²) in [4.78, 5) is 22.3. The van der Waals surface area contributed by atoms with E-state index in [-0.39, 0.29) is 30.4 Å². The molecule has 25 heavy (non-hydrogen) atoms. The molecule has 1 amide bonds. The van der Waals surface area contributed by atoms with Crippen LogP contribution in [0.15, 0.2) is 30.5 Å². The van der Waals surface area contributed by atoms with Gasteiger partial charge in [-0.05, 0) is 18.6 Å². The van der Waals surface area contributed by atoms with Gasteiger partial charge in [0.15, 0.2) is 11.6 Å². The van der Waals surface area contributed by atoms with Crippen molar-refractivity contribution in [3.63, 3.8) is 0 Å². The van der Waals surface area contributed by atoms with Crippen LogP contribution in [0.25, 0.3) is 0 Å². The zero-order chi connectivity index (χ0) is 18.2. The number of hydrogen-bond donors (Lipinski definition) is 1. The molecule has 2 aromatic rings. The van der Waals surface area contributed by atoms with Crippen LogP contribution >= 0.6 is 0 Å². The molecule has 0 fully saturated rings. The van der Waals surface area contributed by atoms with E-state index in [1.165, 1.54) is 6.07 Å². The van der Waals surface area contributed by atoms with Crippen LogP contribution in [0, 0.1) is 28.4 Å². The van der Waals surface area contributed by atoms with Crippen LogP contribution in [-0.2, 0) is 11.3 Å². The van der Waals surface area contributed by atoms with Gasteiger partial charge in [-0.3, -0.25) is 19.6 Å². The second-order valence-electron chi connectivity index (χ2n) is 5.25. The van der Waals surface area contributed by atoms with Crippen LogP contribution in [-0.4, -0.2) is 27.2 Å². The van der Waals surface area contributed by atoms with Gasteiger partial charge < -0.3 is 10.1 Å². The lowest BCUT2D eigenvalue weighted by molar-refractivity contribution is -0.385. The topological polar surface area (TPSA) is 123 Å². The fraction of sp³-hybridized carbons (Fsp3) is 0.312. The molecule has 0 bridgehead atoms. The molecule has 0 aliphatic rings. The molecule has 2 rings (SSSR count). The Kier molecular flexibility index (Phi) is 6.06. The van der Waals surface area contributed by atoms with Crippen LogP contribution in [0.5, 0.6) is 5.75 Å². The SMILES string of the molecule is Cc1ccc([N+](=O)[O-])c(OCCC(=O)Nc2ccn(CCC#N)n2)c1. The van der Waals surface area contributed by atoms with Crippen LogP contribution in [0.3, 0.4) is 0 Å². The highest BCUT2D eigenvalue weighted by atomic mass is 16.6. The summed E-state index contributed by atoms with van der Waals surface area (Å²) in [6, 6.07) is 8.20. The van der Waals surface area contributed by atoms with Crippen LogP contribution in [0.1, 0.15) is 18.4 Å². The van der Waals surface area contributed by atoms with Crippen LogP contribution in [0.2, 0.25) is 0 Å². The van der Waals surface area contributed by atoms with Gasteiger partial charge in [-0.15, -0.1) is 0 Å². The normalized spacial score (nSPS) is 10.1. The number of carbonyl (C=O) groups is 1. The number of benzene rings is 1. The first-order valence-corrected chi connectivity index (χ1v) is 7.57. The number of amides is 1. The van der Waals surface area contributed by atoms with Gasteiger partial charge in [0.05, 0.1) is 37.0 Å². The molecule has 0 atom stereocenters. The van der Waals surface area contributed by atoms with Crippen molar-refractivity contribution in [1.29, 1.82) is 5.26 Å². The van der Waals surface area contributed by atoms with E-state index in [0.717, 1.165) is 5.56 Å². The minimum absolute atomic E-state index is 0.00523. The molecule has 0 radical (unpaired) electrons. The number of carbonyl (C=O) groups excluding carboxylic acids is 1. The largest absolute Gasteiger partial charge is 0.486 e. The summed E-state index contributed by atoms with van der Waals surface area (Å²) < 4.78 is 6.94. The van der Waals surface area contributed by atoms with Gasteiger partial charge in [0.25, 0.3) is 0 Å². The lowest BCUT2D eigenvalue weighted by Crippen LogP contribution is -2.16.